The first-order valence-corrected chi connectivity index (χ1v) is 9.94. The molecule has 5 nitrogen and oxygen atoms in total. The van der Waals surface area contributed by atoms with Crippen LogP contribution >= 0.6 is 34.7 Å². The van der Waals surface area contributed by atoms with Crippen molar-refractivity contribution in [1.29, 1.82) is 0 Å². The molecule has 0 aliphatic heterocycles. The summed E-state index contributed by atoms with van der Waals surface area (Å²) in [6, 6.07) is 14.7. The summed E-state index contributed by atoms with van der Waals surface area (Å²) in [6.45, 7) is 0.163. The zero-order valence-electron chi connectivity index (χ0n) is 13.9. The predicted molar refractivity (Wildman–Crippen MR) is 107 cm³/mol. The number of hydrogen-bond donors (Lipinski definition) is 1. The van der Waals surface area contributed by atoms with E-state index in [1.165, 1.54) is 11.3 Å². The van der Waals surface area contributed by atoms with E-state index in [4.69, 9.17) is 16.3 Å². The molecule has 0 amide bonds. The summed E-state index contributed by atoms with van der Waals surface area (Å²) in [5, 5.41) is 12.6. The molecule has 0 bridgehead atoms. The lowest BCUT2D eigenvalue weighted by atomic mass is 10.1. The minimum Gasteiger partial charge on any atom is -0.497 e. The van der Waals surface area contributed by atoms with Crippen LogP contribution in [-0.2, 0) is 5.75 Å². The van der Waals surface area contributed by atoms with Crippen molar-refractivity contribution in [2.45, 2.75) is 10.1 Å². The molecule has 0 aliphatic carbocycles. The number of carbonyl (C=O) groups excluding carboxylic acids is 1. The first-order valence-electron chi connectivity index (χ1n) is 7.76. The molecular weight excluding hydrogens is 390 g/mol. The van der Waals surface area contributed by atoms with Crippen LogP contribution < -0.4 is 10.1 Å². The topological polar surface area (TPSA) is 64.1 Å². The molecule has 0 spiro atoms. The van der Waals surface area contributed by atoms with E-state index in [1.807, 2.05) is 24.3 Å². The quantitative estimate of drug-likeness (QED) is 0.429. The van der Waals surface area contributed by atoms with Crippen molar-refractivity contribution in [2.24, 2.45) is 0 Å². The predicted octanol–water partition coefficient (Wildman–Crippen LogP) is 4.79. The summed E-state index contributed by atoms with van der Waals surface area (Å²) in [6.07, 6.45) is 0. The Kier molecular flexibility index (Phi) is 6.49. The third kappa shape index (κ3) is 4.97. The average Bonchev–Trinajstić information content (AvgIpc) is 3.13. The first-order chi connectivity index (χ1) is 12.7. The summed E-state index contributed by atoms with van der Waals surface area (Å²) in [5.41, 5.74) is 1.68. The van der Waals surface area contributed by atoms with Gasteiger partial charge in [-0.25, -0.2) is 0 Å². The zero-order chi connectivity index (χ0) is 18.4. The van der Waals surface area contributed by atoms with Crippen LogP contribution in [0.5, 0.6) is 5.75 Å². The van der Waals surface area contributed by atoms with Crippen LogP contribution in [0.2, 0.25) is 5.02 Å². The molecule has 0 saturated carbocycles. The summed E-state index contributed by atoms with van der Waals surface area (Å²) in [5.74, 6) is 1.42. The van der Waals surface area contributed by atoms with E-state index in [9.17, 15) is 4.79 Å². The molecule has 3 rings (SSSR count). The van der Waals surface area contributed by atoms with Gasteiger partial charge in [0.1, 0.15) is 5.75 Å². The molecule has 0 atom stereocenters. The Morgan fingerprint density at radius 3 is 2.69 bits per heavy atom. The van der Waals surface area contributed by atoms with E-state index >= 15 is 0 Å². The molecule has 0 aliphatic rings. The molecule has 8 heteroatoms. The van der Waals surface area contributed by atoms with Gasteiger partial charge in [0.25, 0.3) is 0 Å². The van der Waals surface area contributed by atoms with Crippen LogP contribution in [0.1, 0.15) is 15.9 Å². The maximum absolute atomic E-state index is 12.2. The van der Waals surface area contributed by atoms with Crippen LogP contribution in [0.4, 0.5) is 5.13 Å². The summed E-state index contributed by atoms with van der Waals surface area (Å²) < 4.78 is 5.91. The molecular formula is C18H16ClN3O2S2. The van der Waals surface area contributed by atoms with Crippen LogP contribution in [0.3, 0.4) is 0 Å². The number of benzene rings is 2. The van der Waals surface area contributed by atoms with Crippen molar-refractivity contribution in [3.05, 3.63) is 64.7 Å². The number of halogens is 1. The lowest BCUT2D eigenvalue weighted by Gasteiger charge is -2.03. The highest BCUT2D eigenvalue weighted by Gasteiger charge is 2.10. The van der Waals surface area contributed by atoms with Crippen molar-refractivity contribution >= 4 is 45.6 Å². The first kappa shape index (κ1) is 18.7. The number of anilines is 1. The second-order valence-corrected chi connectivity index (χ2v) is 7.87. The fourth-order valence-corrected chi connectivity index (χ4v) is 4.16. The molecule has 2 aromatic carbocycles. The highest BCUT2D eigenvalue weighted by molar-refractivity contribution is 8.00. The summed E-state index contributed by atoms with van der Waals surface area (Å²) in [7, 11) is 1.59. The monoisotopic (exact) mass is 405 g/mol. The molecule has 0 saturated heterocycles. The number of ketones is 1. The summed E-state index contributed by atoms with van der Waals surface area (Å²) in [4.78, 5) is 12.2. The van der Waals surface area contributed by atoms with Crippen LogP contribution in [-0.4, -0.2) is 29.6 Å². The number of rotatable bonds is 8. The zero-order valence-corrected chi connectivity index (χ0v) is 16.3. The lowest BCUT2D eigenvalue weighted by molar-refractivity contribution is 0.101. The van der Waals surface area contributed by atoms with Crippen molar-refractivity contribution in [2.75, 3.05) is 19.0 Å². The number of nitrogens with zero attached hydrogens (tertiary/aromatic N) is 2. The van der Waals surface area contributed by atoms with Crippen molar-refractivity contribution in [1.82, 2.24) is 10.2 Å². The largest absolute Gasteiger partial charge is 0.497 e. The number of thioether (sulfide) groups is 1. The van der Waals surface area contributed by atoms with Crippen LogP contribution in [0.15, 0.2) is 52.9 Å². The van der Waals surface area contributed by atoms with Gasteiger partial charge in [0.2, 0.25) is 5.13 Å². The molecule has 1 heterocycles. The molecule has 0 unspecified atom stereocenters. The SMILES string of the molecule is COc1ccc(C(=O)CNc2nnc(SCc3ccccc3Cl)s2)cc1. The fourth-order valence-electron chi connectivity index (χ4n) is 2.13. The fraction of sp³-hybridized carbons (Fsp3) is 0.167. The maximum atomic E-state index is 12.2. The van der Waals surface area contributed by atoms with Gasteiger partial charge in [0.05, 0.1) is 13.7 Å². The molecule has 0 radical (unpaired) electrons. The number of Topliss-reactive ketones (excluding diaryl/α,β-unsaturated/α-hetero) is 1. The highest BCUT2D eigenvalue weighted by Crippen LogP contribution is 2.30. The van der Waals surface area contributed by atoms with E-state index < -0.39 is 0 Å². The van der Waals surface area contributed by atoms with Crippen LogP contribution in [0.25, 0.3) is 0 Å². The van der Waals surface area contributed by atoms with Gasteiger partial charge in [-0.15, -0.1) is 10.2 Å². The second-order valence-electron chi connectivity index (χ2n) is 5.26. The van der Waals surface area contributed by atoms with Gasteiger partial charge < -0.3 is 10.1 Å². The van der Waals surface area contributed by atoms with E-state index in [2.05, 4.69) is 15.5 Å². The van der Waals surface area contributed by atoms with Gasteiger partial charge in [0, 0.05) is 16.3 Å². The second kappa shape index (κ2) is 9.02. The number of methoxy groups -OCH3 is 1. The van der Waals surface area contributed by atoms with Gasteiger partial charge in [-0.2, -0.15) is 0 Å². The van der Waals surface area contributed by atoms with Gasteiger partial charge in [0.15, 0.2) is 10.1 Å². The van der Waals surface area contributed by atoms with Gasteiger partial charge in [-0.05, 0) is 35.9 Å². The van der Waals surface area contributed by atoms with Gasteiger partial charge in [-0.3, -0.25) is 4.79 Å². The Morgan fingerprint density at radius 2 is 1.96 bits per heavy atom. The van der Waals surface area contributed by atoms with Crippen molar-refractivity contribution in [3.8, 4) is 5.75 Å². The van der Waals surface area contributed by atoms with E-state index in [0.29, 0.717) is 10.7 Å². The standard InChI is InChI=1S/C18H16ClN3O2S2/c1-24-14-8-6-12(7-9-14)16(23)10-20-17-21-22-18(26-17)25-11-13-4-2-3-5-15(13)19/h2-9H,10-11H2,1H3,(H,20,21). The molecule has 0 fully saturated rings. The van der Waals surface area contributed by atoms with E-state index in [0.717, 1.165) is 26.4 Å². The third-order valence-electron chi connectivity index (χ3n) is 3.53. The number of carbonyl (C=O) groups is 1. The van der Waals surface area contributed by atoms with E-state index in [1.54, 1.807) is 43.1 Å². The molecule has 1 aromatic heterocycles. The number of aromatic nitrogens is 2. The van der Waals surface area contributed by atoms with Crippen molar-refractivity contribution in [3.63, 3.8) is 0 Å². The Labute approximate surface area is 164 Å². The maximum Gasteiger partial charge on any atom is 0.206 e. The highest BCUT2D eigenvalue weighted by atomic mass is 35.5. The Bertz CT molecular complexity index is 884. The minimum atomic E-state index is -0.0203. The van der Waals surface area contributed by atoms with Crippen LogP contribution in [0, 0.1) is 0 Å². The van der Waals surface area contributed by atoms with Crippen molar-refractivity contribution < 1.29 is 9.53 Å². The number of ether oxygens (including phenoxy) is 1. The lowest BCUT2D eigenvalue weighted by Crippen LogP contribution is -2.13. The van der Waals surface area contributed by atoms with Gasteiger partial charge in [-0.1, -0.05) is 52.9 Å². The Hall–Kier alpha value is -2.09. The smallest absolute Gasteiger partial charge is 0.206 e. The van der Waals surface area contributed by atoms with E-state index in [-0.39, 0.29) is 12.3 Å². The Morgan fingerprint density at radius 1 is 1.19 bits per heavy atom. The molecule has 134 valence electrons. The molecule has 26 heavy (non-hydrogen) atoms. The number of hydrogen-bond acceptors (Lipinski definition) is 7. The summed E-state index contributed by atoms with van der Waals surface area (Å²) >= 11 is 9.13. The van der Waals surface area contributed by atoms with Gasteiger partial charge >= 0.3 is 0 Å². The molecule has 3 aromatic rings. The third-order valence-corrected chi connectivity index (χ3v) is 5.96. The average molecular weight is 406 g/mol. The molecule has 1 N–H and O–H groups in total. The Balaban J connectivity index is 1.51. The minimum absolute atomic E-state index is 0.0203. The number of nitrogens with one attached hydrogen (secondary N) is 1. The normalized spacial score (nSPS) is 10.5.